The average Bonchev–Trinajstić information content (AvgIpc) is 3.27. The highest BCUT2D eigenvalue weighted by Crippen LogP contribution is 2.26. The Morgan fingerprint density at radius 2 is 1.14 bits per heavy atom. The topological polar surface area (TPSA) is 84.0 Å². The zero-order chi connectivity index (χ0) is 19.3. The fourth-order valence-corrected chi connectivity index (χ4v) is 4.55. The van der Waals surface area contributed by atoms with Gasteiger partial charge in [0.1, 0.15) is 0 Å². The minimum Gasteiger partial charge on any atom is -0.302 e. The van der Waals surface area contributed by atoms with Crippen molar-refractivity contribution in [3.63, 3.8) is 0 Å². The van der Waals surface area contributed by atoms with Gasteiger partial charge in [0.15, 0.2) is 10.3 Å². The smallest absolute Gasteiger partial charge is 0.226 e. The Balaban J connectivity index is 1.19. The standard InChI is InChI=1S/C20H18N4O2S2/c25-17(23-19-21-13-7-1-3-9-15(13)27-19)11-5-6-12-18(26)24-20-22-14-8-2-4-10-16(14)28-20/h1-4,7-10H,5-6,11-12H2,(H,21,23,25)(H,22,24,26). The number of benzene rings is 2. The van der Waals surface area contributed by atoms with Gasteiger partial charge in [-0.15, -0.1) is 0 Å². The van der Waals surface area contributed by atoms with E-state index >= 15 is 0 Å². The molecule has 28 heavy (non-hydrogen) atoms. The number of carbonyl (C=O) groups excluding carboxylic acids is 2. The monoisotopic (exact) mass is 410 g/mol. The molecule has 2 heterocycles. The van der Waals surface area contributed by atoms with Crippen molar-refractivity contribution in [1.82, 2.24) is 9.97 Å². The van der Waals surface area contributed by atoms with Gasteiger partial charge in [0.25, 0.3) is 0 Å². The lowest BCUT2D eigenvalue weighted by Gasteiger charge is -2.02. The van der Waals surface area contributed by atoms with E-state index in [1.165, 1.54) is 22.7 Å². The van der Waals surface area contributed by atoms with Crippen molar-refractivity contribution in [1.29, 1.82) is 0 Å². The number of unbranched alkanes of at least 4 members (excludes halogenated alkanes) is 1. The van der Waals surface area contributed by atoms with Crippen LogP contribution in [0.15, 0.2) is 48.5 Å². The number of hydrogen-bond donors (Lipinski definition) is 2. The molecular formula is C20H18N4O2S2. The van der Waals surface area contributed by atoms with Crippen molar-refractivity contribution < 1.29 is 9.59 Å². The number of nitrogens with one attached hydrogen (secondary N) is 2. The fraction of sp³-hybridized carbons (Fsp3) is 0.200. The first-order valence-electron chi connectivity index (χ1n) is 8.98. The van der Waals surface area contributed by atoms with Crippen LogP contribution in [-0.2, 0) is 9.59 Å². The van der Waals surface area contributed by atoms with E-state index in [1.54, 1.807) is 0 Å². The fourth-order valence-electron chi connectivity index (χ4n) is 2.79. The molecule has 0 fully saturated rings. The van der Waals surface area contributed by atoms with Crippen LogP contribution in [0.2, 0.25) is 0 Å². The second-order valence-corrected chi connectivity index (χ2v) is 8.34. The van der Waals surface area contributed by atoms with E-state index in [-0.39, 0.29) is 11.8 Å². The third-order valence-corrected chi connectivity index (χ3v) is 6.04. The third-order valence-electron chi connectivity index (χ3n) is 4.14. The minimum atomic E-state index is -0.0781. The first-order valence-corrected chi connectivity index (χ1v) is 10.6. The molecule has 0 spiro atoms. The summed E-state index contributed by atoms with van der Waals surface area (Å²) in [6.45, 7) is 0. The Morgan fingerprint density at radius 3 is 1.57 bits per heavy atom. The molecule has 4 aromatic rings. The summed E-state index contributed by atoms with van der Waals surface area (Å²) in [6.07, 6.45) is 2.02. The highest BCUT2D eigenvalue weighted by molar-refractivity contribution is 7.22. The van der Waals surface area contributed by atoms with Gasteiger partial charge >= 0.3 is 0 Å². The molecule has 8 heteroatoms. The number of hydrogen-bond acceptors (Lipinski definition) is 6. The number of rotatable bonds is 7. The number of carbonyl (C=O) groups is 2. The summed E-state index contributed by atoms with van der Waals surface area (Å²) in [6, 6.07) is 15.5. The molecule has 2 N–H and O–H groups in total. The molecule has 6 nitrogen and oxygen atoms in total. The molecular weight excluding hydrogens is 392 g/mol. The van der Waals surface area contributed by atoms with Gasteiger partial charge in [-0.25, -0.2) is 9.97 Å². The van der Waals surface area contributed by atoms with Crippen molar-refractivity contribution in [3.8, 4) is 0 Å². The van der Waals surface area contributed by atoms with Gasteiger partial charge in [0, 0.05) is 12.8 Å². The maximum atomic E-state index is 12.1. The molecule has 142 valence electrons. The van der Waals surface area contributed by atoms with Crippen LogP contribution in [0.4, 0.5) is 10.3 Å². The Hall–Kier alpha value is -2.84. The van der Waals surface area contributed by atoms with Gasteiger partial charge in [0.2, 0.25) is 11.8 Å². The lowest BCUT2D eigenvalue weighted by molar-refractivity contribution is -0.118. The van der Waals surface area contributed by atoms with Gasteiger partial charge in [-0.05, 0) is 37.1 Å². The zero-order valence-corrected chi connectivity index (χ0v) is 16.6. The number of nitrogens with zero attached hydrogens (tertiary/aromatic N) is 2. The molecule has 2 amide bonds. The van der Waals surface area contributed by atoms with E-state index < -0.39 is 0 Å². The molecule has 0 atom stereocenters. The largest absolute Gasteiger partial charge is 0.302 e. The van der Waals surface area contributed by atoms with Gasteiger partial charge in [-0.1, -0.05) is 46.9 Å². The molecule has 0 aliphatic carbocycles. The molecule has 4 rings (SSSR count). The number of aromatic nitrogens is 2. The highest BCUT2D eigenvalue weighted by Gasteiger charge is 2.10. The van der Waals surface area contributed by atoms with Gasteiger partial charge in [-0.2, -0.15) is 0 Å². The highest BCUT2D eigenvalue weighted by atomic mass is 32.1. The predicted octanol–water partition coefficient (Wildman–Crippen LogP) is 5.04. The van der Waals surface area contributed by atoms with Crippen LogP contribution in [0.1, 0.15) is 25.7 Å². The van der Waals surface area contributed by atoms with Gasteiger partial charge in [-0.3, -0.25) is 9.59 Å². The number of fused-ring (bicyclic) bond motifs is 2. The maximum Gasteiger partial charge on any atom is 0.226 e. The number of thiazole rings is 2. The molecule has 0 aliphatic rings. The molecule has 2 aromatic heterocycles. The molecule has 0 aliphatic heterocycles. The van der Waals surface area contributed by atoms with Crippen LogP contribution in [0, 0.1) is 0 Å². The number of anilines is 2. The maximum absolute atomic E-state index is 12.1. The second-order valence-electron chi connectivity index (χ2n) is 6.28. The quantitative estimate of drug-likeness (QED) is 0.418. The first kappa shape index (κ1) is 18.5. The number of amides is 2. The zero-order valence-electron chi connectivity index (χ0n) is 15.0. The lowest BCUT2D eigenvalue weighted by atomic mass is 10.2. The Labute approximate surface area is 169 Å². The van der Waals surface area contributed by atoms with Crippen molar-refractivity contribution in [2.75, 3.05) is 10.6 Å². The first-order chi connectivity index (χ1) is 13.7. The summed E-state index contributed by atoms with van der Waals surface area (Å²) in [4.78, 5) is 32.9. The summed E-state index contributed by atoms with van der Waals surface area (Å²) in [7, 11) is 0. The van der Waals surface area contributed by atoms with Crippen molar-refractivity contribution >= 4 is 65.2 Å². The van der Waals surface area contributed by atoms with E-state index in [0.717, 1.165) is 20.4 Å². The minimum absolute atomic E-state index is 0.0781. The summed E-state index contributed by atoms with van der Waals surface area (Å²) in [5.74, 6) is -0.156. The van der Waals surface area contributed by atoms with Crippen LogP contribution >= 0.6 is 22.7 Å². The SMILES string of the molecule is O=C(CCCCC(=O)Nc1nc2ccccc2s1)Nc1nc2ccccc2s1. The van der Waals surface area contributed by atoms with Crippen LogP contribution < -0.4 is 10.6 Å². The Morgan fingerprint density at radius 1 is 0.714 bits per heavy atom. The van der Waals surface area contributed by atoms with E-state index in [0.29, 0.717) is 35.9 Å². The average molecular weight is 411 g/mol. The van der Waals surface area contributed by atoms with Crippen LogP contribution in [0.5, 0.6) is 0 Å². The molecule has 0 radical (unpaired) electrons. The summed E-state index contributed by atoms with van der Waals surface area (Å²) in [5, 5.41) is 6.89. The molecule has 0 saturated carbocycles. The summed E-state index contributed by atoms with van der Waals surface area (Å²) < 4.78 is 2.09. The lowest BCUT2D eigenvalue weighted by Crippen LogP contribution is -2.13. The third kappa shape index (κ3) is 4.52. The predicted molar refractivity (Wildman–Crippen MR) is 115 cm³/mol. The molecule has 0 unspecified atom stereocenters. The Kier molecular flexibility index (Phi) is 5.59. The van der Waals surface area contributed by atoms with Gasteiger partial charge in [0.05, 0.1) is 20.4 Å². The summed E-state index contributed by atoms with van der Waals surface area (Å²) >= 11 is 2.92. The molecule has 0 saturated heterocycles. The van der Waals surface area contributed by atoms with E-state index in [2.05, 4.69) is 20.6 Å². The normalized spacial score (nSPS) is 11.0. The van der Waals surface area contributed by atoms with E-state index in [9.17, 15) is 9.59 Å². The van der Waals surface area contributed by atoms with Crippen LogP contribution in [0.3, 0.4) is 0 Å². The Bertz CT molecular complexity index is 979. The number of para-hydroxylation sites is 2. The van der Waals surface area contributed by atoms with Gasteiger partial charge < -0.3 is 10.6 Å². The van der Waals surface area contributed by atoms with Crippen LogP contribution in [0.25, 0.3) is 20.4 Å². The van der Waals surface area contributed by atoms with Crippen molar-refractivity contribution in [2.24, 2.45) is 0 Å². The second kappa shape index (κ2) is 8.45. The van der Waals surface area contributed by atoms with E-state index in [1.807, 2.05) is 48.5 Å². The van der Waals surface area contributed by atoms with Crippen molar-refractivity contribution in [2.45, 2.75) is 25.7 Å². The van der Waals surface area contributed by atoms with Crippen LogP contribution in [-0.4, -0.2) is 21.8 Å². The molecule has 2 aromatic carbocycles. The summed E-state index contributed by atoms with van der Waals surface area (Å²) in [5.41, 5.74) is 1.77. The molecule has 0 bridgehead atoms. The van der Waals surface area contributed by atoms with Crippen molar-refractivity contribution in [3.05, 3.63) is 48.5 Å². The van der Waals surface area contributed by atoms with E-state index in [4.69, 9.17) is 0 Å².